The first kappa shape index (κ1) is 21.1. The molecule has 140 valence electrons. The summed E-state index contributed by atoms with van der Waals surface area (Å²) in [5.41, 5.74) is -0.442. The fraction of sp³-hybridized carbons (Fsp3) is 0.368. The van der Waals surface area contributed by atoms with Gasteiger partial charge in [-0.15, -0.1) is 0 Å². The third-order valence-corrected chi connectivity index (χ3v) is 3.24. The molecule has 0 atom stereocenters. The molecular weight excluding hydrogens is 340 g/mol. The summed E-state index contributed by atoms with van der Waals surface area (Å²) in [5.74, 6) is -2.50. The zero-order valence-electron chi connectivity index (χ0n) is 15.3. The summed E-state index contributed by atoms with van der Waals surface area (Å²) in [6.45, 7) is 10.8. The van der Waals surface area contributed by atoms with Crippen molar-refractivity contribution in [3.8, 4) is 5.75 Å². The molecule has 1 aromatic carbocycles. The van der Waals surface area contributed by atoms with Crippen LogP contribution >= 0.6 is 0 Å². The largest absolute Gasteiger partial charge is 0.462 e. The normalized spacial score (nSPS) is 12.3. The Bertz CT molecular complexity index is 731. The van der Waals surface area contributed by atoms with Crippen LogP contribution < -0.4 is 4.74 Å². The molecule has 26 heavy (non-hydrogen) atoms. The van der Waals surface area contributed by atoms with Crippen molar-refractivity contribution in [3.05, 3.63) is 42.0 Å². The van der Waals surface area contributed by atoms with E-state index in [9.17, 15) is 19.2 Å². The molecule has 0 saturated heterocycles. The molecule has 0 radical (unpaired) electrons. The minimum atomic E-state index is -0.774. The lowest BCUT2D eigenvalue weighted by Gasteiger charge is -2.22. The Hall–Kier alpha value is -2.96. The van der Waals surface area contributed by atoms with Crippen molar-refractivity contribution in [3.63, 3.8) is 0 Å². The fourth-order valence-electron chi connectivity index (χ4n) is 2.06. The highest BCUT2D eigenvalue weighted by atomic mass is 16.6. The molecule has 0 fully saturated rings. The number of hydrogen-bond donors (Lipinski definition) is 0. The number of esters is 4. The first-order valence-corrected chi connectivity index (χ1v) is 8.12. The van der Waals surface area contributed by atoms with Crippen LogP contribution in [0.3, 0.4) is 0 Å². The highest BCUT2D eigenvalue weighted by Gasteiger charge is 2.30. The topological polar surface area (TPSA) is 96.0 Å². The molecule has 0 unspecified atom stereocenters. The van der Waals surface area contributed by atoms with E-state index in [0.29, 0.717) is 0 Å². The zero-order valence-corrected chi connectivity index (χ0v) is 15.3. The van der Waals surface area contributed by atoms with Gasteiger partial charge in [-0.05, 0) is 18.2 Å². The molecule has 1 heterocycles. The zero-order chi connectivity index (χ0) is 19.9. The molecule has 2 rings (SSSR count). The van der Waals surface area contributed by atoms with Gasteiger partial charge in [-0.1, -0.05) is 34.3 Å². The smallest absolute Gasteiger partial charge is 0.347 e. The predicted molar refractivity (Wildman–Crippen MR) is 92.7 cm³/mol. The van der Waals surface area contributed by atoms with Crippen LogP contribution in [0.1, 0.15) is 54.8 Å². The van der Waals surface area contributed by atoms with Crippen molar-refractivity contribution in [2.75, 3.05) is 6.61 Å². The lowest BCUT2D eigenvalue weighted by Crippen LogP contribution is -2.26. The van der Waals surface area contributed by atoms with Gasteiger partial charge in [0.1, 0.15) is 5.75 Å². The van der Waals surface area contributed by atoms with Crippen molar-refractivity contribution < 1.29 is 33.4 Å². The van der Waals surface area contributed by atoms with E-state index in [2.05, 4.69) is 11.3 Å². The van der Waals surface area contributed by atoms with E-state index in [0.717, 1.165) is 6.08 Å². The van der Waals surface area contributed by atoms with Gasteiger partial charge in [0.2, 0.25) is 0 Å². The summed E-state index contributed by atoms with van der Waals surface area (Å²) in [5, 5.41) is 0. The van der Waals surface area contributed by atoms with Gasteiger partial charge < -0.3 is 14.2 Å². The predicted octanol–water partition coefficient (Wildman–Crippen LogP) is 3.07. The number of carbonyl (C=O) groups is 4. The molecule has 1 aliphatic rings. The van der Waals surface area contributed by atoms with Gasteiger partial charge in [0, 0.05) is 11.5 Å². The molecule has 0 saturated carbocycles. The molecule has 1 aliphatic heterocycles. The average molecular weight is 362 g/mol. The standard InChI is InChI=1S/C17H16O7.C2H6/c1-4-13(18)22-9-17(2,3)8-14(19)23-10-5-6-11-12(7-10)16(21)24-15(11)20;1-2/h4-7H,1,8-9H2,2-3H3;1-2H3. The average Bonchev–Trinajstić information content (AvgIpc) is 2.88. The molecule has 7 heteroatoms. The molecule has 0 amide bonds. The Balaban J connectivity index is 0.00000163. The van der Waals surface area contributed by atoms with E-state index in [1.54, 1.807) is 13.8 Å². The Kier molecular flexibility index (Phi) is 7.25. The molecule has 0 aliphatic carbocycles. The lowest BCUT2D eigenvalue weighted by molar-refractivity contribution is -0.145. The van der Waals surface area contributed by atoms with Crippen LogP contribution in [-0.2, 0) is 19.1 Å². The number of hydrogen-bond acceptors (Lipinski definition) is 7. The van der Waals surface area contributed by atoms with Gasteiger partial charge in [-0.25, -0.2) is 14.4 Å². The Morgan fingerprint density at radius 3 is 2.38 bits per heavy atom. The monoisotopic (exact) mass is 362 g/mol. The van der Waals surface area contributed by atoms with Crippen molar-refractivity contribution in [2.24, 2.45) is 5.41 Å². The van der Waals surface area contributed by atoms with Crippen LogP contribution in [0.25, 0.3) is 0 Å². The number of cyclic esters (lactones) is 2. The van der Waals surface area contributed by atoms with Crippen LogP contribution in [0.4, 0.5) is 0 Å². The Labute approximate surface area is 151 Å². The summed E-state index contributed by atoms with van der Waals surface area (Å²) in [7, 11) is 0. The number of carbonyl (C=O) groups excluding carboxylic acids is 4. The van der Waals surface area contributed by atoms with Gasteiger partial charge in [-0.2, -0.15) is 0 Å². The van der Waals surface area contributed by atoms with Gasteiger partial charge in [0.15, 0.2) is 0 Å². The maximum atomic E-state index is 12.0. The molecule has 0 bridgehead atoms. The van der Waals surface area contributed by atoms with Crippen LogP contribution in [0, 0.1) is 5.41 Å². The fourth-order valence-corrected chi connectivity index (χ4v) is 2.06. The third kappa shape index (κ3) is 5.54. The van der Waals surface area contributed by atoms with Gasteiger partial charge >= 0.3 is 23.9 Å². The van der Waals surface area contributed by atoms with Crippen LogP contribution in [0.2, 0.25) is 0 Å². The first-order chi connectivity index (χ1) is 12.2. The summed E-state index contributed by atoms with van der Waals surface area (Å²) >= 11 is 0. The van der Waals surface area contributed by atoms with E-state index in [1.807, 2.05) is 13.8 Å². The molecule has 0 N–H and O–H groups in total. The van der Waals surface area contributed by atoms with Crippen molar-refractivity contribution >= 4 is 23.9 Å². The van der Waals surface area contributed by atoms with Crippen LogP contribution in [0.15, 0.2) is 30.9 Å². The second-order valence-electron chi connectivity index (χ2n) is 6.01. The Morgan fingerprint density at radius 2 is 1.77 bits per heavy atom. The molecule has 1 aromatic rings. The maximum Gasteiger partial charge on any atom is 0.347 e. The van der Waals surface area contributed by atoms with E-state index in [4.69, 9.17) is 9.47 Å². The van der Waals surface area contributed by atoms with Crippen LogP contribution in [-0.4, -0.2) is 30.5 Å². The second-order valence-corrected chi connectivity index (χ2v) is 6.01. The molecule has 0 aromatic heterocycles. The van der Waals surface area contributed by atoms with Gasteiger partial charge in [0.25, 0.3) is 0 Å². The van der Waals surface area contributed by atoms with E-state index in [-0.39, 0.29) is 29.9 Å². The van der Waals surface area contributed by atoms with Gasteiger partial charge in [-0.3, -0.25) is 4.79 Å². The summed E-state index contributed by atoms with van der Waals surface area (Å²) in [6, 6.07) is 4.05. The summed E-state index contributed by atoms with van der Waals surface area (Å²) in [4.78, 5) is 45.9. The van der Waals surface area contributed by atoms with E-state index >= 15 is 0 Å². The van der Waals surface area contributed by atoms with E-state index < -0.39 is 29.3 Å². The maximum absolute atomic E-state index is 12.0. The molecule has 7 nitrogen and oxygen atoms in total. The summed E-state index contributed by atoms with van der Waals surface area (Å²) < 4.78 is 14.6. The minimum absolute atomic E-state index is 0.0160. The highest BCUT2D eigenvalue weighted by molar-refractivity contribution is 6.14. The van der Waals surface area contributed by atoms with E-state index in [1.165, 1.54) is 18.2 Å². The number of rotatable bonds is 6. The quantitative estimate of drug-likeness (QED) is 0.332. The highest BCUT2D eigenvalue weighted by Crippen LogP contribution is 2.26. The second kappa shape index (κ2) is 8.94. The molecule has 0 spiro atoms. The van der Waals surface area contributed by atoms with Crippen LogP contribution in [0.5, 0.6) is 5.75 Å². The van der Waals surface area contributed by atoms with Crippen molar-refractivity contribution in [1.82, 2.24) is 0 Å². The minimum Gasteiger partial charge on any atom is -0.462 e. The third-order valence-electron chi connectivity index (χ3n) is 3.24. The SMILES string of the molecule is C=CC(=O)OCC(C)(C)CC(=O)Oc1ccc2c(c1)C(=O)OC2=O.CC. The Morgan fingerprint density at radius 1 is 1.15 bits per heavy atom. The molecular formula is C19H22O7. The van der Waals surface area contributed by atoms with Gasteiger partial charge in [0.05, 0.1) is 24.2 Å². The number of fused-ring (bicyclic) bond motifs is 1. The summed E-state index contributed by atoms with van der Waals surface area (Å²) in [6.07, 6.45) is 1.03. The van der Waals surface area contributed by atoms with Crippen molar-refractivity contribution in [2.45, 2.75) is 34.1 Å². The van der Waals surface area contributed by atoms with Crippen molar-refractivity contribution in [1.29, 1.82) is 0 Å². The first-order valence-electron chi connectivity index (χ1n) is 8.12. The lowest BCUT2D eigenvalue weighted by atomic mass is 9.90. The number of benzene rings is 1. The number of ether oxygens (including phenoxy) is 3.